The quantitative estimate of drug-likeness (QED) is 0.852. The molecule has 0 radical (unpaired) electrons. The maximum absolute atomic E-state index is 10.1. The highest BCUT2D eigenvalue weighted by Crippen LogP contribution is 2.22. The van der Waals surface area contributed by atoms with E-state index >= 15 is 0 Å². The molecule has 5 nitrogen and oxygen atoms in total. The number of β-amino-alcohol motifs (C(OH)–C–C–N with tert-alkyl or cyclic N) is 1. The summed E-state index contributed by atoms with van der Waals surface area (Å²) in [5.74, 6) is 0. The Hall–Kier alpha value is -1.69. The van der Waals surface area contributed by atoms with E-state index in [1.165, 1.54) is 16.8 Å². The predicted molar refractivity (Wildman–Crippen MR) is 95.6 cm³/mol. The van der Waals surface area contributed by atoms with Crippen LogP contribution in [0, 0.1) is 6.92 Å². The normalized spacial score (nSPS) is 22.8. The Morgan fingerprint density at radius 2 is 2.08 bits per heavy atom. The van der Waals surface area contributed by atoms with E-state index in [-0.39, 0.29) is 12.1 Å². The van der Waals surface area contributed by atoms with Gasteiger partial charge in [0.25, 0.3) is 0 Å². The zero-order chi connectivity index (χ0) is 17.1. The number of benzene rings is 1. The molecule has 1 aliphatic heterocycles. The molecular weight excluding hydrogens is 300 g/mol. The number of aromatic nitrogens is 2. The molecule has 0 bridgehead atoms. The van der Waals surface area contributed by atoms with Crippen LogP contribution in [0.2, 0.25) is 0 Å². The summed E-state index contributed by atoms with van der Waals surface area (Å²) in [5, 5.41) is 18.0. The first-order valence-corrected chi connectivity index (χ1v) is 8.72. The van der Waals surface area contributed by atoms with Crippen molar-refractivity contribution >= 4 is 0 Å². The zero-order valence-electron chi connectivity index (χ0n) is 14.8. The lowest BCUT2D eigenvalue weighted by Gasteiger charge is -2.26. The largest absolute Gasteiger partial charge is 0.392 e. The molecule has 0 aliphatic carbocycles. The molecule has 3 unspecified atom stereocenters. The first kappa shape index (κ1) is 17.1. The average Bonchev–Trinajstić information content (AvgIpc) is 3.09. The van der Waals surface area contributed by atoms with E-state index in [2.05, 4.69) is 53.4 Å². The van der Waals surface area contributed by atoms with Crippen LogP contribution >= 0.6 is 0 Å². The number of nitrogens with one attached hydrogen (secondary N) is 1. The number of hydrogen-bond donors (Lipinski definition) is 2. The minimum absolute atomic E-state index is 0.226. The Bertz CT molecular complexity index is 655. The van der Waals surface area contributed by atoms with Gasteiger partial charge in [-0.1, -0.05) is 30.3 Å². The lowest BCUT2D eigenvalue weighted by Crippen LogP contribution is -2.38. The molecule has 1 aromatic carbocycles. The Kier molecular flexibility index (Phi) is 5.33. The van der Waals surface area contributed by atoms with Crippen molar-refractivity contribution in [3.8, 4) is 0 Å². The third-order valence-corrected chi connectivity index (χ3v) is 5.13. The summed E-state index contributed by atoms with van der Waals surface area (Å²) in [7, 11) is 1.97. The number of hydrogen-bond acceptors (Lipinski definition) is 4. The molecule has 2 N–H and O–H groups in total. The number of rotatable bonds is 6. The molecular formula is C19H28N4O. The summed E-state index contributed by atoms with van der Waals surface area (Å²) in [5.41, 5.74) is 3.74. The van der Waals surface area contributed by atoms with E-state index in [9.17, 15) is 5.11 Å². The lowest BCUT2D eigenvalue weighted by atomic mass is 10.1. The fraction of sp³-hybridized carbons (Fsp3) is 0.526. The van der Waals surface area contributed by atoms with Crippen molar-refractivity contribution in [3.05, 3.63) is 53.3 Å². The van der Waals surface area contributed by atoms with Gasteiger partial charge in [-0.2, -0.15) is 5.10 Å². The Morgan fingerprint density at radius 1 is 1.33 bits per heavy atom. The fourth-order valence-electron chi connectivity index (χ4n) is 3.55. The second-order valence-corrected chi connectivity index (χ2v) is 6.90. The number of aliphatic hydroxyl groups excluding tert-OH is 1. The third kappa shape index (κ3) is 3.86. The molecule has 0 amide bonds. The first-order valence-electron chi connectivity index (χ1n) is 8.72. The van der Waals surface area contributed by atoms with Gasteiger partial charge in [-0.25, -0.2) is 0 Å². The van der Waals surface area contributed by atoms with Crippen molar-refractivity contribution in [2.24, 2.45) is 7.05 Å². The topological polar surface area (TPSA) is 53.3 Å². The van der Waals surface area contributed by atoms with Crippen LogP contribution in [0.4, 0.5) is 0 Å². The van der Waals surface area contributed by atoms with E-state index in [0.29, 0.717) is 6.04 Å². The van der Waals surface area contributed by atoms with Crippen LogP contribution in [0.25, 0.3) is 0 Å². The van der Waals surface area contributed by atoms with Gasteiger partial charge in [-0.15, -0.1) is 0 Å². The average molecular weight is 328 g/mol. The molecule has 1 fully saturated rings. The van der Waals surface area contributed by atoms with Crippen LogP contribution in [-0.2, 0) is 13.6 Å². The summed E-state index contributed by atoms with van der Waals surface area (Å²) in [6.45, 7) is 6.80. The maximum Gasteiger partial charge on any atom is 0.0682 e. The maximum atomic E-state index is 10.1. The highest BCUT2D eigenvalue weighted by atomic mass is 16.3. The molecule has 1 aliphatic rings. The molecule has 24 heavy (non-hydrogen) atoms. The van der Waals surface area contributed by atoms with Gasteiger partial charge in [-0.05, 0) is 25.8 Å². The van der Waals surface area contributed by atoms with Crippen molar-refractivity contribution in [1.29, 1.82) is 0 Å². The van der Waals surface area contributed by atoms with Gasteiger partial charge < -0.3 is 10.4 Å². The Labute approximate surface area is 144 Å². The highest BCUT2D eigenvalue weighted by Gasteiger charge is 2.31. The summed E-state index contributed by atoms with van der Waals surface area (Å²) in [6.07, 6.45) is 2.55. The Balaban J connectivity index is 1.59. The third-order valence-electron chi connectivity index (χ3n) is 5.13. The molecule has 0 spiro atoms. The van der Waals surface area contributed by atoms with E-state index in [0.717, 1.165) is 26.1 Å². The molecule has 1 saturated heterocycles. The van der Waals surface area contributed by atoms with Gasteiger partial charge in [0.05, 0.1) is 12.3 Å². The van der Waals surface area contributed by atoms with E-state index in [1.54, 1.807) is 0 Å². The first-order chi connectivity index (χ1) is 11.5. The predicted octanol–water partition coefficient (Wildman–Crippen LogP) is 2.01. The standard InChI is InChI=1S/C19H28N4O/c1-14(19-11-21-22(3)15(19)2)20-10-17-9-18(24)13-23(17)12-16-7-5-4-6-8-16/h4-8,11,14,17-18,20,24H,9-10,12-13H2,1-3H3. The minimum Gasteiger partial charge on any atom is -0.392 e. The molecule has 2 heterocycles. The van der Waals surface area contributed by atoms with E-state index in [4.69, 9.17) is 0 Å². The van der Waals surface area contributed by atoms with Crippen molar-refractivity contribution in [2.75, 3.05) is 13.1 Å². The molecule has 1 aromatic heterocycles. The summed E-state index contributed by atoms with van der Waals surface area (Å²) >= 11 is 0. The van der Waals surface area contributed by atoms with Gasteiger partial charge in [-0.3, -0.25) is 9.58 Å². The summed E-state index contributed by atoms with van der Waals surface area (Å²) in [6, 6.07) is 11.1. The van der Waals surface area contributed by atoms with Crippen molar-refractivity contribution < 1.29 is 5.11 Å². The van der Waals surface area contributed by atoms with Crippen LogP contribution in [0.5, 0.6) is 0 Å². The molecule has 130 valence electrons. The molecule has 0 saturated carbocycles. The zero-order valence-corrected chi connectivity index (χ0v) is 14.8. The second kappa shape index (κ2) is 7.47. The SMILES string of the molecule is Cc1c(C(C)NCC2CC(O)CN2Cc2ccccc2)cnn1C. The number of nitrogens with zero attached hydrogens (tertiary/aromatic N) is 3. The van der Waals surface area contributed by atoms with Gasteiger partial charge in [0.15, 0.2) is 0 Å². The van der Waals surface area contributed by atoms with Crippen molar-refractivity contribution in [2.45, 2.75) is 45.0 Å². The number of aliphatic hydroxyl groups is 1. The molecule has 3 atom stereocenters. The van der Waals surface area contributed by atoms with E-state index in [1.807, 2.05) is 24.0 Å². The lowest BCUT2D eigenvalue weighted by molar-refractivity contribution is 0.172. The monoisotopic (exact) mass is 328 g/mol. The second-order valence-electron chi connectivity index (χ2n) is 6.90. The summed E-state index contributed by atoms with van der Waals surface area (Å²) < 4.78 is 1.91. The molecule has 3 rings (SSSR count). The van der Waals surface area contributed by atoms with Crippen molar-refractivity contribution in [1.82, 2.24) is 20.0 Å². The van der Waals surface area contributed by atoms with Crippen LogP contribution in [-0.4, -0.2) is 45.0 Å². The fourth-order valence-corrected chi connectivity index (χ4v) is 3.55. The highest BCUT2D eigenvalue weighted by molar-refractivity contribution is 5.20. The van der Waals surface area contributed by atoms with Crippen LogP contribution in [0.3, 0.4) is 0 Å². The van der Waals surface area contributed by atoms with Gasteiger partial charge in [0, 0.05) is 50.0 Å². The van der Waals surface area contributed by atoms with Crippen LogP contribution in [0.1, 0.15) is 36.2 Å². The minimum atomic E-state index is -0.226. The molecule has 2 aromatic rings. The Morgan fingerprint density at radius 3 is 2.75 bits per heavy atom. The van der Waals surface area contributed by atoms with Crippen LogP contribution < -0.4 is 5.32 Å². The van der Waals surface area contributed by atoms with Gasteiger partial charge >= 0.3 is 0 Å². The van der Waals surface area contributed by atoms with Crippen LogP contribution in [0.15, 0.2) is 36.5 Å². The number of aryl methyl sites for hydroxylation is 1. The molecule has 5 heteroatoms. The van der Waals surface area contributed by atoms with Crippen molar-refractivity contribution in [3.63, 3.8) is 0 Å². The summed E-state index contributed by atoms with van der Waals surface area (Å²) in [4.78, 5) is 2.38. The number of likely N-dealkylation sites (tertiary alicyclic amines) is 1. The van der Waals surface area contributed by atoms with Gasteiger partial charge in [0.1, 0.15) is 0 Å². The smallest absolute Gasteiger partial charge is 0.0682 e. The van der Waals surface area contributed by atoms with E-state index < -0.39 is 0 Å². The van der Waals surface area contributed by atoms with Gasteiger partial charge in [0.2, 0.25) is 0 Å².